The molecule has 0 saturated carbocycles. The molecule has 0 aromatic heterocycles. The number of methoxy groups -OCH3 is 1. The molecule has 0 spiro atoms. The number of hydrogen-bond donors (Lipinski definition) is 2. The minimum absolute atomic E-state index is 0.0815. The van der Waals surface area contributed by atoms with Gasteiger partial charge in [-0.25, -0.2) is 13.1 Å². The first-order valence-electron chi connectivity index (χ1n) is 6.56. The van der Waals surface area contributed by atoms with E-state index < -0.39 is 10.0 Å². The van der Waals surface area contributed by atoms with Crippen molar-refractivity contribution < 1.29 is 13.2 Å². The van der Waals surface area contributed by atoms with Crippen LogP contribution in [0.15, 0.2) is 23.1 Å². The molecule has 0 amide bonds. The number of ether oxygens (including phenoxy) is 1. The average molecular weight is 310 g/mol. The van der Waals surface area contributed by atoms with E-state index in [1.165, 1.54) is 13.2 Å². The van der Waals surface area contributed by atoms with Gasteiger partial charge in [-0.3, -0.25) is 0 Å². The Kier molecular flexibility index (Phi) is 5.78. The van der Waals surface area contributed by atoms with Crippen molar-refractivity contribution in [3.05, 3.63) is 23.8 Å². The van der Waals surface area contributed by atoms with Crippen LogP contribution in [0.5, 0.6) is 5.75 Å². The highest BCUT2D eigenvalue weighted by molar-refractivity contribution is 7.89. The number of nitrogens with one attached hydrogen (secondary N) is 1. The fraction of sp³-hybridized carbons (Fsp3) is 0.467. The zero-order valence-corrected chi connectivity index (χ0v) is 13.7. The second-order valence-electron chi connectivity index (χ2n) is 5.76. The molecular formula is C15H22N2O3S. The van der Waals surface area contributed by atoms with Crippen molar-refractivity contribution in [3.63, 3.8) is 0 Å². The lowest BCUT2D eigenvalue weighted by molar-refractivity contribution is 0.396. The van der Waals surface area contributed by atoms with Gasteiger partial charge in [0, 0.05) is 12.1 Å². The maximum Gasteiger partial charge on any atom is 0.244 e. The molecule has 0 bridgehead atoms. The maximum atomic E-state index is 12.4. The second kappa shape index (κ2) is 6.94. The van der Waals surface area contributed by atoms with Crippen LogP contribution in [0.25, 0.3) is 0 Å². The van der Waals surface area contributed by atoms with Gasteiger partial charge in [0.05, 0.1) is 13.7 Å². The summed E-state index contributed by atoms with van der Waals surface area (Å²) >= 11 is 0. The highest BCUT2D eigenvalue weighted by Crippen LogP contribution is 2.25. The quantitative estimate of drug-likeness (QED) is 0.822. The Bertz CT molecular complexity index is 650. The highest BCUT2D eigenvalue weighted by atomic mass is 32.2. The summed E-state index contributed by atoms with van der Waals surface area (Å²) in [6.07, 6.45) is 0. The zero-order valence-electron chi connectivity index (χ0n) is 12.9. The van der Waals surface area contributed by atoms with Crippen LogP contribution in [-0.4, -0.2) is 28.6 Å². The number of benzene rings is 1. The van der Waals surface area contributed by atoms with Crippen molar-refractivity contribution in [2.24, 2.45) is 11.1 Å². The largest absolute Gasteiger partial charge is 0.495 e. The fourth-order valence-corrected chi connectivity index (χ4v) is 2.98. The van der Waals surface area contributed by atoms with E-state index in [-0.39, 0.29) is 22.6 Å². The van der Waals surface area contributed by atoms with Crippen LogP contribution in [-0.2, 0) is 10.0 Å². The molecule has 21 heavy (non-hydrogen) atoms. The van der Waals surface area contributed by atoms with Crippen molar-refractivity contribution >= 4 is 10.0 Å². The van der Waals surface area contributed by atoms with Crippen LogP contribution in [0.2, 0.25) is 0 Å². The molecule has 116 valence electrons. The Morgan fingerprint density at radius 3 is 2.52 bits per heavy atom. The van der Waals surface area contributed by atoms with Gasteiger partial charge in [-0.05, 0) is 23.6 Å². The molecular weight excluding hydrogens is 288 g/mol. The average Bonchev–Trinajstić information content (AvgIpc) is 2.42. The third-order valence-electron chi connectivity index (χ3n) is 2.58. The maximum absolute atomic E-state index is 12.4. The lowest BCUT2D eigenvalue weighted by Gasteiger charge is -2.19. The molecule has 0 aliphatic heterocycles. The van der Waals surface area contributed by atoms with Crippen LogP contribution in [0.1, 0.15) is 26.3 Å². The lowest BCUT2D eigenvalue weighted by Crippen LogP contribution is -2.32. The summed E-state index contributed by atoms with van der Waals surface area (Å²) in [5, 5.41) is 0. The molecule has 0 unspecified atom stereocenters. The summed E-state index contributed by atoms with van der Waals surface area (Å²) in [5.74, 6) is 5.80. The first-order chi connectivity index (χ1) is 9.69. The molecule has 6 heteroatoms. The Balaban J connectivity index is 3.19. The van der Waals surface area contributed by atoms with Crippen molar-refractivity contribution in [2.45, 2.75) is 25.7 Å². The highest BCUT2D eigenvalue weighted by Gasteiger charge is 2.22. The van der Waals surface area contributed by atoms with Gasteiger partial charge in [-0.2, -0.15) is 0 Å². The van der Waals surface area contributed by atoms with Crippen molar-refractivity contribution in [1.29, 1.82) is 0 Å². The summed E-state index contributed by atoms with van der Waals surface area (Å²) in [7, 11) is -2.22. The lowest BCUT2D eigenvalue weighted by atomic mass is 9.98. The molecule has 0 heterocycles. The van der Waals surface area contributed by atoms with Crippen molar-refractivity contribution in [2.75, 3.05) is 20.2 Å². The van der Waals surface area contributed by atoms with Crippen molar-refractivity contribution in [1.82, 2.24) is 4.72 Å². The SMILES string of the molecule is COc1ccc(C#CCN)cc1S(=O)(=O)NCC(C)(C)C. The predicted molar refractivity (Wildman–Crippen MR) is 83.6 cm³/mol. The molecule has 0 aliphatic carbocycles. The third-order valence-corrected chi connectivity index (χ3v) is 4.00. The topological polar surface area (TPSA) is 81.4 Å². The van der Waals surface area contributed by atoms with Gasteiger partial charge in [0.2, 0.25) is 10.0 Å². The van der Waals surface area contributed by atoms with E-state index >= 15 is 0 Å². The second-order valence-corrected chi connectivity index (χ2v) is 7.49. The molecule has 0 saturated heterocycles. The predicted octanol–water partition coefficient (Wildman–Crippen LogP) is 1.33. The molecule has 5 nitrogen and oxygen atoms in total. The molecule has 0 radical (unpaired) electrons. The van der Waals surface area contributed by atoms with Gasteiger partial charge >= 0.3 is 0 Å². The van der Waals surface area contributed by atoms with E-state index in [2.05, 4.69) is 16.6 Å². The zero-order chi connectivity index (χ0) is 16.1. The molecule has 3 N–H and O–H groups in total. The van der Waals surface area contributed by atoms with Gasteiger partial charge in [0.15, 0.2) is 0 Å². The van der Waals surface area contributed by atoms with Crippen LogP contribution < -0.4 is 15.2 Å². The molecule has 0 aliphatic rings. The molecule has 1 aromatic rings. The Morgan fingerprint density at radius 2 is 2.00 bits per heavy atom. The fourth-order valence-electron chi connectivity index (χ4n) is 1.51. The first kappa shape index (κ1) is 17.5. The van der Waals surface area contributed by atoms with Gasteiger partial charge in [0.1, 0.15) is 10.6 Å². The van der Waals surface area contributed by atoms with E-state index in [1.54, 1.807) is 12.1 Å². The Labute approximate surface area is 126 Å². The van der Waals surface area contributed by atoms with Crippen LogP contribution in [0, 0.1) is 17.3 Å². The summed E-state index contributed by atoms with van der Waals surface area (Å²) in [6, 6.07) is 4.78. The minimum atomic E-state index is -3.66. The number of nitrogens with two attached hydrogens (primary N) is 1. The van der Waals surface area contributed by atoms with E-state index in [9.17, 15) is 8.42 Å². The van der Waals surface area contributed by atoms with E-state index in [4.69, 9.17) is 10.5 Å². The summed E-state index contributed by atoms with van der Waals surface area (Å²) in [6.45, 7) is 6.41. The van der Waals surface area contributed by atoms with Gasteiger partial charge in [-0.1, -0.05) is 32.6 Å². The van der Waals surface area contributed by atoms with Crippen LogP contribution in [0.3, 0.4) is 0 Å². The third kappa shape index (κ3) is 5.38. The minimum Gasteiger partial charge on any atom is -0.495 e. The Morgan fingerprint density at radius 1 is 1.33 bits per heavy atom. The summed E-state index contributed by atoms with van der Waals surface area (Å²) < 4.78 is 32.6. The molecule has 0 fully saturated rings. The monoisotopic (exact) mass is 310 g/mol. The molecule has 1 aromatic carbocycles. The summed E-state index contributed by atoms with van der Waals surface area (Å²) in [4.78, 5) is 0.0815. The number of sulfonamides is 1. The van der Waals surface area contributed by atoms with Crippen molar-refractivity contribution in [3.8, 4) is 17.6 Å². The first-order valence-corrected chi connectivity index (χ1v) is 8.04. The Hall–Kier alpha value is -1.55. The smallest absolute Gasteiger partial charge is 0.244 e. The van der Waals surface area contributed by atoms with E-state index in [1.807, 2.05) is 20.8 Å². The number of rotatable bonds is 4. The van der Waals surface area contributed by atoms with Gasteiger partial charge in [0.25, 0.3) is 0 Å². The van der Waals surface area contributed by atoms with Crippen LogP contribution >= 0.6 is 0 Å². The normalized spacial score (nSPS) is 11.7. The standard InChI is InChI=1S/C15H22N2O3S/c1-15(2,3)11-17-21(18,19)14-10-12(6-5-9-16)7-8-13(14)20-4/h7-8,10,17H,9,11,16H2,1-4H3. The number of hydrogen-bond acceptors (Lipinski definition) is 4. The van der Waals surface area contributed by atoms with Crippen LogP contribution in [0.4, 0.5) is 0 Å². The van der Waals surface area contributed by atoms with E-state index in [0.29, 0.717) is 12.1 Å². The molecule has 0 atom stereocenters. The summed E-state index contributed by atoms with van der Waals surface area (Å²) in [5.41, 5.74) is 5.75. The van der Waals surface area contributed by atoms with Gasteiger partial charge < -0.3 is 10.5 Å². The van der Waals surface area contributed by atoms with Gasteiger partial charge in [-0.15, -0.1) is 0 Å². The van der Waals surface area contributed by atoms with E-state index in [0.717, 1.165) is 0 Å². The molecule has 1 rings (SSSR count).